The van der Waals surface area contributed by atoms with Crippen molar-refractivity contribution in [1.82, 2.24) is 9.47 Å². The molecule has 1 aromatic carbocycles. The Labute approximate surface area is 152 Å². The molecule has 1 amide bonds. The van der Waals surface area contributed by atoms with E-state index in [1.165, 1.54) is 11.8 Å². The van der Waals surface area contributed by atoms with Crippen molar-refractivity contribution in [3.8, 4) is 0 Å². The van der Waals surface area contributed by atoms with Crippen LogP contribution in [0.1, 0.15) is 12.0 Å². The number of methoxy groups -OCH3 is 1. The first kappa shape index (κ1) is 17.5. The topological polar surface area (TPSA) is 46.8 Å². The van der Waals surface area contributed by atoms with Crippen LogP contribution < -0.4 is 0 Å². The van der Waals surface area contributed by atoms with Gasteiger partial charge in [-0.05, 0) is 48.0 Å². The van der Waals surface area contributed by atoms with Crippen LogP contribution in [-0.4, -0.2) is 40.8 Å². The number of aromatic nitrogens is 1. The zero-order valence-electron chi connectivity index (χ0n) is 14.4. The number of aryl methyl sites for hydroxylation is 1. The first-order chi connectivity index (χ1) is 12.2. The summed E-state index contributed by atoms with van der Waals surface area (Å²) in [4.78, 5) is 19.9. The van der Waals surface area contributed by atoms with E-state index in [0.717, 1.165) is 22.8 Å². The quantitative estimate of drug-likeness (QED) is 0.587. The van der Waals surface area contributed by atoms with Crippen LogP contribution in [0.2, 0.25) is 0 Å². The van der Waals surface area contributed by atoms with Gasteiger partial charge in [0.15, 0.2) is 5.17 Å². The number of hydrogen-bond donors (Lipinski definition) is 0. The Kier molecular flexibility index (Phi) is 5.73. The van der Waals surface area contributed by atoms with Crippen molar-refractivity contribution in [2.45, 2.75) is 6.42 Å². The fourth-order valence-electron chi connectivity index (χ4n) is 2.53. The van der Waals surface area contributed by atoms with Crippen LogP contribution in [0, 0.1) is 0 Å². The Hall–Kier alpha value is -2.31. The second-order valence-corrected chi connectivity index (χ2v) is 6.76. The summed E-state index contributed by atoms with van der Waals surface area (Å²) >= 11 is 1.42. The number of carbonyl (C=O) groups is 1. The molecular formula is C19H21N3O2S. The van der Waals surface area contributed by atoms with Crippen LogP contribution in [0.15, 0.2) is 58.7 Å². The van der Waals surface area contributed by atoms with Gasteiger partial charge in [0, 0.05) is 39.7 Å². The average molecular weight is 355 g/mol. The summed E-state index contributed by atoms with van der Waals surface area (Å²) in [6.45, 7) is 1.21. The molecule has 6 heteroatoms. The standard InChI is InChI=1S/C19H21N3O2S/c1-21-11-9-15(14-21)13-17-18(23)22(10-6-12-24-2)19(25-17)20-16-7-4-3-5-8-16/h3-5,7-9,11,13-14H,6,10,12H2,1-2H3/b17-13+,20-19?. The number of hydrogen-bond acceptors (Lipinski definition) is 4. The van der Waals surface area contributed by atoms with E-state index in [4.69, 9.17) is 4.74 Å². The summed E-state index contributed by atoms with van der Waals surface area (Å²) in [5, 5.41) is 0.717. The van der Waals surface area contributed by atoms with E-state index in [2.05, 4.69) is 4.99 Å². The minimum Gasteiger partial charge on any atom is -0.385 e. The zero-order chi connectivity index (χ0) is 17.6. The molecule has 25 heavy (non-hydrogen) atoms. The van der Waals surface area contributed by atoms with Gasteiger partial charge < -0.3 is 9.30 Å². The maximum absolute atomic E-state index is 12.8. The predicted octanol–water partition coefficient (Wildman–Crippen LogP) is 3.67. The van der Waals surface area contributed by atoms with Gasteiger partial charge in [0.2, 0.25) is 0 Å². The summed E-state index contributed by atoms with van der Waals surface area (Å²) < 4.78 is 7.08. The molecule has 0 radical (unpaired) electrons. The number of nitrogens with zero attached hydrogens (tertiary/aromatic N) is 3. The van der Waals surface area contributed by atoms with Crippen molar-refractivity contribution < 1.29 is 9.53 Å². The molecule has 5 nitrogen and oxygen atoms in total. The highest BCUT2D eigenvalue weighted by Gasteiger charge is 2.33. The normalized spacial score (nSPS) is 17.8. The van der Waals surface area contributed by atoms with E-state index < -0.39 is 0 Å². The van der Waals surface area contributed by atoms with Crippen LogP contribution in [0.3, 0.4) is 0 Å². The van der Waals surface area contributed by atoms with Crippen molar-refractivity contribution in [1.29, 1.82) is 0 Å². The number of benzene rings is 1. The highest BCUT2D eigenvalue weighted by Crippen LogP contribution is 2.34. The number of rotatable bonds is 6. The molecule has 0 unspecified atom stereocenters. The Balaban J connectivity index is 1.87. The molecule has 0 atom stereocenters. The summed E-state index contributed by atoms with van der Waals surface area (Å²) in [6.07, 6.45) is 6.65. The molecule has 3 rings (SSSR count). The number of amidine groups is 1. The van der Waals surface area contributed by atoms with Gasteiger partial charge in [0.25, 0.3) is 5.91 Å². The highest BCUT2D eigenvalue weighted by molar-refractivity contribution is 8.18. The third-order valence-corrected chi connectivity index (χ3v) is 4.76. The first-order valence-corrected chi connectivity index (χ1v) is 8.95. The van der Waals surface area contributed by atoms with Gasteiger partial charge in [-0.15, -0.1) is 0 Å². The SMILES string of the molecule is COCCCN1C(=O)/C(=C\c2ccn(C)c2)SC1=Nc1ccccc1. The number of carbonyl (C=O) groups excluding carboxylic acids is 1. The van der Waals surface area contributed by atoms with E-state index in [-0.39, 0.29) is 5.91 Å². The molecule has 1 aliphatic heterocycles. The van der Waals surface area contributed by atoms with E-state index in [1.54, 1.807) is 12.0 Å². The van der Waals surface area contributed by atoms with Gasteiger partial charge in [-0.2, -0.15) is 0 Å². The lowest BCUT2D eigenvalue weighted by atomic mass is 10.3. The van der Waals surface area contributed by atoms with Crippen LogP contribution in [-0.2, 0) is 16.6 Å². The van der Waals surface area contributed by atoms with E-state index >= 15 is 0 Å². The van der Waals surface area contributed by atoms with Crippen molar-refractivity contribution >= 4 is 34.6 Å². The van der Waals surface area contributed by atoms with Crippen molar-refractivity contribution in [2.24, 2.45) is 12.0 Å². The van der Waals surface area contributed by atoms with Gasteiger partial charge >= 0.3 is 0 Å². The second-order valence-electron chi connectivity index (χ2n) is 5.75. The number of thioether (sulfide) groups is 1. The van der Waals surface area contributed by atoms with Gasteiger partial charge in [-0.1, -0.05) is 18.2 Å². The molecule has 0 N–H and O–H groups in total. The van der Waals surface area contributed by atoms with Crippen molar-refractivity contribution in [2.75, 3.05) is 20.3 Å². The Bertz CT molecular complexity index is 796. The molecule has 2 heterocycles. The monoisotopic (exact) mass is 355 g/mol. The van der Waals surface area contributed by atoms with Crippen molar-refractivity contribution in [3.63, 3.8) is 0 Å². The van der Waals surface area contributed by atoms with E-state index in [0.29, 0.717) is 18.1 Å². The minimum atomic E-state index is -0.000336. The fraction of sp³-hybridized carbons (Fsp3) is 0.263. The van der Waals surface area contributed by atoms with Crippen LogP contribution in [0.25, 0.3) is 6.08 Å². The summed E-state index contributed by atoms with van der Waals surface area (Å²) in [7, 11) is 3.63. The molecule has 0 aliphatic carbocycles. The maximum atomic E-state index is 12.8. The highest BCUT2D eigenvalue weighted by atomic mass is 32.2. The zero-order valence-corrected chi connectivity index (χ0v) is 15.2. The molecule has 0 spiro atoms. The minimum absolute atomic E-state index is 0.000336. The number of amides is 1. The average Bonchev–Trinajstić information content (AvgIpc) is 3.14. The smallest absolute Gasteiger partial charge is 0.266 e. The molecule has 130 valence electrons. The lowest BCUT2D eigenvalue weighted by molar-refractivity contribution is -0.122. The summed E-state index contributed by atoms with van der Waals surface area (Å²) in [6, 6.07) is 11.7. The summed E-state index contributed by atoms with van der Waals surface area (Å²) in [5.74, 6) is -0.000336. The number of para-hydroxylation sites is 1. The predicted molar refractivity (Wildman–Crippen MR) is 103 cm³/mol. The van der Waals surface area contributed by atoms with Gasteiger partial charge in [-0.25, -0.2) is 4.99 Å². The van der Waals surface area contributed by atoms with Crippen LogP contribution >= 0.6 is 11.8 Å². The molecule has 2 aromatic rings. The second kappa shape index (κ2) is 8.18. The third kappa shape index (κ3) is 4.41. The third-order valence-electron chi connectivity index (χ3n) is 3.75. The van der Waals surface area contributed by atoms with E-state index in [9.17, 15) is 4.79 Å². The molecule has 1 fully saturated rings. The Morgan fingerprint density at radius 1 is 1.24 bits per heavy atom. The van der Waals surface area contributed by atoms with Gasteiger partial charge in [0.1, 0.15) is 0 Å². The Morgan fingerprint density at radius 3 is 2.72 bits per heavy atom. The molecule has 0 bridgehead atoms. The molecular weight excluding hydrogens is 334 g/mol. The fourth-order valence-corrected chi connectivity index (χ4v) is 3.55. The van der Waals surface area contributed by atoms with Crippen molar-refractivity contribution in [3.05, 3.63) is 59.3 Å². The summed E-state index contributed by atoms with van der Waals surface area (Å²) in [5.41, 5.74) is 1.85. The molecule has 1 aliphatic rings. The van der Waals surface area contributed by atoms with E-state index in [1.807, 2.05) is 66.5 Å². The van der Waals surface area contributed by atoms with Crippen LogP contribution in [0.5, 0.6) is 0 Å². The molecule has 0 saturated carbocycles. The molecule has 1 saturated heterocycles. The number of aliphatic imine (C=N–C) groups is 1. The Morgan fingerprint density at radius 2 is 2.04 bits per heavy atom. The maximum Gasteiger partial charge on any atom is 0.266 e. The van der Waals surface area contributed by atoms with Gasteiger partial charge in [-0.3, -0.25) is 9.69 Å². The lowest BCUT2D eigenvalue weighted by Gasteiger charge is -2.15. The lowest BCUT2D eigenvalue weighted by Crippen LogP contribution is -2.30. The molecule has 1 aromatic heterocycles. The van der Waals surface area contributed by atoms with Crippen LogP contribution in [0.4, 0.5) is 5.69 Å². The largest absolute Gasteiger partial charge is 0.385 e. The van der Waals surface area contributed by atoms with Gasteiger partial charge in [0.05, 0.1) is 10.6 Å². The first-order valence-electron chi connectivity index (χ1n) is 8.13. The number of ether oxygens (including phenoxy) is 1.